The number of benzene rings is 2. The van der Waals surface area contributed by atoms with Gasteiger partial charge in [-0.05, 0) is 43.2 Å². The normalized spacial score (nSPS) is 12.6. The van der Waals surface area contributed by atoms with Gasteiger partial charge in [0.2, 0.25) is 15.8 Å². The zero-order valence-corrected chi connectivity index (χ0v) is 16.6. The number of carbonyl (C=O) groups is 2. The van der Waals surface area contributed by atoms with Crippen molar-refractivity contribution >= 4 is 21.8 Å². The van der Waals surface area contributed by atoms with Gasteiger partial charge in [-0.15, -0.1) is 0 Å². The minimum atomic E-state index is -3.57. The van der Waals surface area contributed by atoms with E-state index in [0.29, 0.717) is 5.56 Å². The standard InChI is InChI=1S/C20H23NO5S/c1-5-15-6-8-16(9-7-15)19(22)14(2)26-20(23)17-10-12-18(13-11-17)27(24,25)21(3)4/h6-14H,5H2,1-4H3/t14-/m1/s1. The van der Waals surface area contributed by atoms with Gasteiger partial charge in [0, 0.05) is 19.7 Å². The molecule has 0 bridgehead atoms. The molecule has 7 heteroatoms. The number of carbonyl (C=O) groups excluding carboxylic acids is 2. The fourth-order valence-corrected chi connectivity index (χ4v) is 3.30. The van der Waals surface area contributed by atoms with Gasteiger partial charge < -0.3 is 4.74 Å². The molecule has 27 heavy (non-hydrogen) atoms. The van der Waals surface area contributed by atoms with Gasteiger partial charge in [-0.2, -0.15) is 0 Å². The summed E-state index contributed by atoms with van der Waals surface area (Å²) in [4.78, 5) is 24.7. The SMILES string of the molecule is CCc1ccc(C(=O)[C@@H](C)OC(=O)c2ccc(S(=O)(=O)N(C)C)cc2)cc1. The van der Waals surface area contributed by atoms with Crippen molar-refractivity contribution in [1.29, 1.82) is 0 Å². The monoisotopic (exact) mass is 389 g/mol. The van der Waals surface area contributed by atoms with Crippen molar-refractivity contribution in [3.05, 3.63) is 65.2 Å². The Hall–Kier alpha value is -2.51. The number of sulfonamides is 1. The lowest BCUT2D eigenvalue weighted by Gasteiger charge is -2.14. The molecule has 2 rings (SSSR count). The van der Waals surface area contributed by atoms with Crippen molar-refractivity contribution in [1.82, 2.24) is 4.31 Å². The highest BCUT2D eigenvalue weighted by molar-refractivity contribution is 7.89. The molecule has 0 spiro atoms. The molecule has 0 aromatic heterocycles. The maximum atomic E-state index is 12.4. The molecule has 144 valence electrons. The number of nitrogens with zero attached hydrogens (tertiary/aromatic N) is 1. The summed E-state index contributed by atoms with van der Waals surface area (Å²) in [7, 11) is -0.714. The molecule has 0 unspecified atom stereocenters. The maximum Gasteiger partial charge on any atom is 0.338 e. The van der Waals surface area contributed by atoms with E-state index in [1.165, 1.54) is 45.3 Å². The molecule has 0 fully saturated rings. The molecule has 2 aromatic carbocycles. The van der Waals surface area contributed by atoms with Crippen LogP contribution in [-0.4, -0.2) is 44.7 Å². The summed E-state index contributed by atoms with van der Waals surface area (Å²) in [5.41, 5.74) is 1.76. The van der Waals surface area contributed by atoms with Crippen molar-refractivity contribution in [2.75, 3.05) is 14.1 Å². The van der Waals surface area contributed by atoms with Crippen LogP contribution in [-0.2, 0) is 21.2 Å². The van der Waals surface area contributed by atoms with E-state index < -0.39 is 22.1 Å². The van der Waals surface area contributed by atoms with Crippen LogP contribution in [0, 0.1) is 0 Å². The van der Waals surface area contributed by atoms with Crippen LogP contribution >= 0.6 is 0 Å². The van der Waals surface area contributed by atoms with Crippen molar-refractivity contribution in [3.8, 4) is 0 Å². The lowest BCUT2D eigenvalue weighted by molar-refractivity contribution is 0.0318. The van der Waals surface area contributed by atoms with E-state index in [0.717, 1.165) is 16.3 Å². The minimum absolute atomic E-state index is 0.0733. The van der Waals surface area contributed by atoms with E-state index in [4.69, 9.17) is 4.74 Å². The molecule has 0 saturated carbocycles. The number of Topliss-reactive ketones (excluding diaryl/α,β-unsaturated/α-hetero) is 1. The first-order chi connectivity index (χ1) is 12.7. The van der Waals surface area contributed by atoms with Crippen LogP contribution in [0.15, 0.2) is 53.4 Å². The highest BCUT2D eigenvalue weighted by atomic mass is 32.2. The molecule has 1 atom stereocenters. The van der Waals surface area contributed by atoms with Crippen LogP contribution in [0.1, 0.15) is 40.1 Å². The summed E-state index contributed by atoms with van der Waals surface area (Å²) in [5, 5.41) is 0. The average molecular weight is 389 g/mol. The lowest BCUT2D eigenvalue weighted by atomic mass is 10.0. The Balaban J connectivity index is 2.08. The van der Waals surface area contributed by atoms with Gasteiger partial charge in [0.05, 0.1) is 10.5 Å². The van der Waals surface area contributed by atoms with Crippen molar-refractivity contribution < 1.29 is 22.7 Å². The third-order valence-electron chi connectivity index (χ3n) is 4.17. The van der Waals surface area contributed by atoms with Gasteiger partial charge in [0.15, 0.2) is 6.10 Å². The predicted molar refractivity (Wildman–Crippen MR) is 102 cm³/mol. The molecular weight excluding hydrogens is 366 g/mol. The molecule has 0 aliphatic rings. The second kappa shape index (κ2) is 8.45. The van der Waals surface area contributed by atoms with Crippen LogP contribution in [0.25, 0.3) is 0 Å². The Morgan fingerprint density at radius 3 is 1.96 bits per heavy atom. The second-order valence-electron chi connectivity index (χ2n) is 6.27. The predicted octanol–water partition coefficient (Wildman–Crippen LogP) is 2.93. The molecule has 0 heterocycles. The Morgan fingerprint density at radius 2 is 1.48 bits per heavy atom. The third-order valence-corrected chi connectivity index (χ3v) is 6.00. The molecule has 2 aromatic rings. The van der Waals surface area contributed by atoms with Crippen LogP contribution in [0.3, 0.4) is 0 Å². The molecular formula is C20H23NO5S. The summed E-state index contributed by atoms with van der Waals surface area (Å²) < 4.78 is 30.4. The molecule has 0 saturated heterocycles. The topological polar surface area (TPSA) is 80.8 Å². The van der Waals surface area contributed by atoms with Crippen molar-refractivity contribution in [2.45, 2.75) is 31.3 Å². The number of hydrogen-bond acceptors (Lipinski definition) is 5. The molecule has 0 amide bonds. The average Bonchev–Trinajstić information content (AvgIpc) is 2.67. The number of aryl methyl sites for hydroxylation is 1. The summed E-state index contributed by atoms with van der Waals surface area (Å²) in [6.07, 6.45) is -0.0754. The first-order valence-electron chi connectivity index (χ1n) is 8.53. The van der Waals surface area contributed by atoms with Crippen LogP contribution in [0.2, 0.25) is 0 Å². The molecule has 0 aliphatic heterocycles. The van der Waals surface area contributed by atoms with Crippen LogP contribution in [0.5, 0.6) is 0 Å². The van der Waals surface area contributed by atoms with Gasteiger partial charge in [-0.3, -0.25) is 4.79 Å². The summed E-state index contributed by atoms with van der Waals surface area (Å²) in [6, 6.07) is 12.6. The minimum Gasteiger partial charge on any atom is -0.451 e. The van der Waals surface area contributed by atoms with Gasteiger partial charge in [0.25, 0.3) is 0 Å². The second-order valence-corrected chi connectivity index (χ2v) is 8.43. The van der Waals surface area contributed by atoms with Gasteiger partial charge in [-0.1, -0.05) is 31.2 Å². The van der Waals surface area contributed by atoms with E-state index in [9.17, 15) is 18.0 Å². The maximum absolute atomic E-state index is 12.4. The first kappa shape index (κ1) is 20.8. The fraction of sp³-hybridized carbons (Fsp3) is 0.300. The van der Waals surface area contributed by atoms with Gasteiger partial charge in [0.1, 0.15) is 0 Å². The Bertz CT molecular complexity index is 916. The molecule has 0 radical (unpaired) electrons. The lowest BCUT2D eigenvalue weighted by Crippen LogP contribution is -2.25. The van der Waals surface area contributed by atoms with Gasteiger partial charge in [-0.25, -0.2) is 17.5 Å². The van der Waals surface area contributed by atoms with E-state index in [1.807, 2.05) is 19.1 Å². The Morgan fingerprint density at radius 1 is 0.963 bits per heavy atom. The largest absolute Gasteiger partial charge is 0.451 e. The Kier molecular flexibility index (Phi) is 6.51. The first-order valence-corrected chi connectivity index (χ1v) is 9.97. The molecule has 6 nitrogen and oxygen atoms in total. The number of ketones is 1. The summed E-state index contributed by atoms with van der Waals surface area (Å²) in [5.74, 6) is -0.979. The summed E-state index contributed by atoms with van der Waals surface area (Å²) >= 11 is 0. The summed E-state index contributed by atoms with van der Waals surface area (Å²) in [6.45, 7) is 3.54. The van der Waals surface area contributed by atoms with E-state index >= 15 is 0 Å². The smallest absolute Gasteiger partial charge is 0.338 e. The van der Waals surface area contributed by atoms with E-state index in [2.05, 4.69) is 0 Å². The number of ether oxygens (including phenoxy) is 1. The quantitative estimate of drug-likeness (QED) is 0.537. The third kappa shape index (κ3) is 4.81. The number of rotatable bonds is 7. The highest BCUT2D eigenvalue weighted by Gasteiger charge is 2.22. The molecule has 0 aliphatic carbocycles. The van der Waals surface area contributed by atoms with Crippen LogP contribution < -0.4 is 0 Å². The van der Waals surface area contributed by atoms with Gasteiger partial charge >= 0.3 is 5.97 Å². The van der Waals surface area contributed by atoms with E-state index in [1.54, 1.807) is 12.1 Å². The number of esters is 1. The molecule has 0 N–H and O–H groups in total. The van der Waals surface area contributed by atoms with Crippen molar-refractivity contribution in [3.63, 3.8) is 0 Å². The zero-order valence-electron chi connectivity index (χ0n) is 15.8. The number of hydrogen-bond donors (Lipinski definition) is 0. The zero-order chi connectivity index (χ0) is 20.2. The van der Waals surface area contributed by atoms with E-state index in [-0.39, 0.29) is 16.2 Å². The van der Waals surface area contributed by atoms with Crippen LogP contribution in [0.4, 0.5) is 0 Å². The van der Waals surface area contributed by atoms with Crippen molar-refractivity contribution in [2.24, 2.45) is 0 Å². The Labute approximate surface area is 159 Å². The highest BCUT2D eigenvalue weighted by Crippen LogP contribution is 2.16. The fourth-order valence-electron chi connectivity index (χ4n) is 2.40.